The summed E-state index contributed by atoms with van der Waals surface area (Å²) in [6, 6.07) is 17.9. The summed E-state index contributed by atoms with van der Waals surface area (Å²) in [4.78, 5) is 22.2. The van der Waals surface area contributed by atoms with Crippen molar-refractivity contribution in [2.75, 3.05) is 78.3 Å². The molecule has 2 aliphatic heterocycles. The molecule has 2 fully saturated rings. The second-order valence-corrected chi connectivity index (χ2v) is 15.8. The second kappa shape index (κ2) is 19.5. The summed E-state index contributed by atoms with van der Waals surface area (Å²) < 4.78 is 23.4. The number of phenolic OH excluding ortho intramolecular Hbond substituents is 2. The molecule has 2 saturated heterocycles. The van der Waals surface area contributed by atoms with Crippen LogP contribution in [-0.4, -0.2) is 108 Å². The number of likely N-dealkylation sites (tertiary alicyclic amines) is 2. The number of ether oxygens (including phenoxy) is 4. The number of aromatic hydroxyl groups is 2. The lowest BCUT2D eigenvalue weighted by Gasteiger charge is -2.28. The molecule has 8 rings (SSSR count). The number of nitrogens with one attached hydrogen (secondary N) is 2. The van der Waals surface area contributed by atoms with E-state index in [0.29, 0.717) is 65.4 Å². The van der Waals surface area contributed by atoms with Crippen molar-refractivity contribution in [1.29, 1.82) is 0 Å². The van der Waals surface area contributed by atoms with Crippen LogP contribution in [0.3, 0.4) is 0 Å². The maximum atomic E-state index is 9.98. The number of benzene rings is 4. The van der Waals surface area contributed by atoms with Crippen molar-refractivity contribution in [1.82, 2.24) is 29.7 Å². The van der Waals surface area contributed by atoms with Gasteiger partial charge in [0.25, 0.3) is 0 Å². The van der Waals surface area contributed by atoms with E-state index in [4.69, 9.17) is 30.5 Å². The van der Waals surface area contributed by atoms with Crippen LogP contribution in [0.2, 0.25) is 5.02 Å². The number of methoxy groups -OCH3 is 2. The smallest absolute Gasteiger partial charge is 0.163 e. The first-order valence-electron chi connectivity index (χ1n) is 20.2. The molecule has 60 heavy (non-hydrogen) atoms. The number of hydrogen-bond donors (Lipinski definition) is 4. The van der Waals surface area contributed by atoms with E-state index in [2.05, 4.69) is 54.5 Å². The molecule has 4 aromatic carbocycles. The summed E-state index contributed by atoms with van der Waals surface area (Å²) in [7, 11) is 7.57. The number of fused-ring (bicyclic) bond motifs is 2. The Morgan fingerprint density at radius 3 is 1.57 bits per heavy atom. The van der Waals surface area contributed by atoms with Crippen LogP contribution in [-0.2, 0) is 0 Å². The van der Waals surface area contributed by atoms with Crippen LogP contribution < -0.4 is 29.6 Å². The van der Waals surface area contributed by atoms with Crippen LogP contribution in [0, 0.1) is 18.8 Å². The third-order valence-corrected chi connectivity index (χ3v) is 11.7. The molecule has 316 valence electrons. The van der Waals surface area contributed by atoms with Crippen LogP contribution in [0.4, 0.5) is 23.0 Å². The van der Waals surface area contributed by atoms with E-state index in [0.717, 1.165) is 84.9 Å². The quantitative estimate of drug-likeness (QED) is 0.0928. The van der Waals surface area contributed by atoms with E-state index in [9.17, 15) is 10.2 Å². The number of piperidine rings is 2. The normalized spacial score (nSPS) is 15.3. The minimum absolute atomic E-state index is 0.00204. The molecule has 0 spiro atoms. The van der Waals surface area contributed by atoms with Gasteiger partial charge in [0.1, 0.15) is 40.8 Å². The zero-order valence-electron chi connectivity index (χ0n) is 34.7. The summed E-state index contributed by atoms with van der Waals surface area (Å²) in [5, 5.41) is 28.1. The van der Waals surface area contributed by atoms with Crippen LogP contribution >= 0.6 is 11.6 Å². The summed E-state index contributed by atoms with van der Waals surface area (Å²) in [5.41, 5.74) is 3.59. The molecule has 0 bridgehead atoms. The number of hydrogen-bond acceptors (Lipinski definition) is 14. The van der Waals surface area contributed by atoms with Crippen molar-refractivity contribution in [2.45, 2.75) is 32.6 Å². The van der Waals surface area contributed by atoms with Crippen LogP contribution in [0.25, 0.3) is 21.8 Å². The summed E-state index contributed by atoms with van der Waals surface area (Å²) in [6.45, 7) is 7.61. The van der Waals surface area contributed by atoms with Crippen LogP contribution in [0.15, 0.2) is 73.3 Å². The van der Waals surface area contributed by atoms with E-state index in [1.807, 2.05) is 37.3 Å². The molecule has 6 aromatic rings. The van der Waals surface area contributed by atoms with E-state index in [1.165, 1.54) is 18.7 Å². The molecule has 0 saturated carbocycles. The largest absolute Gasteiger partial charge is 0.508 e. The number of anilines is 4. The molecule has 0 atom stereocenters. The Kier molecular flexibility index (Phi) is 13.7. The Labute approximate surface area is 355 Å². The van der Waals surface area contributed by atoms with Gasteiger partial charge in [-0.2, -0.15) is 0 Å². The van der Waals surface area contributed by atoms with Gasteiger partial charge < -0.3 is 49.6 Å². The van der Waals surface area contributed by atoms with E-state index in [1.54, 1.807) is 38.5 Å². The fourth-order valence-electron chi connectivity index (χ4n) is 7.37. The SMILES string of the molecule is COc1cc2c(Nc3cccc(O)c3C)ncnc2cc1OCC1CCN(C)CC1.COc1cc2c(Nc3cccc(O)c3Cl)ncnc2cc1OCC1CCN(C)CC1. The highest BCUT2D eigenvalue weighted by Gasteiger charge is 2.21. The van der Waals surface area contributed by atoms with Gasteiger partial charge in [-0.05, 0) is 121 Å². The second-order valence-electron chi connectivity index (χ2n) is 15.4. The summed E-state index contributed by atoms with van der Waals surface area (Å²) in [5.74, 6) is 5.18. The van der Waals surface area contributed by atoms with Gasteiger partial charge >= 0.3 is 0 Å². The predicted molar refractivity (Wildman–Crippen MR) is 236 cm³/mol. The van der Waals surface area contributed by atoms with E-state index < -0.39 is 0 Å². The van der Waals surface area contributed by atoms with E-state index in [-0.39, 0.29) is 16.5 Å². The van der Waals surface area contributed by atoms with Crippen LogP contribution in [0.1, 0.15) is 31.2 Å². The molecule has 0 radical (unpaired) electrons. The highest BCUT2D eigenvalue weighted by Crippen LogP contribution is 2.39. The van der Waals surface area contributed by atoms with Crippen molar-refractivity contribution >= 4 is 56.4 Å². The van der Waals surface area contributed by atoms with Gasteiger partial charge in [-0.1, -0.05) is 23.7 Å². The van der Waals surface area contributed by atoms with Gasteiger partial charge in [0.2, 0.25) is 0 Å². The zero-order chi connectivity index (χ0) is 42.2. The molecule has 0 amide bonds. The maximum absolute atomic E-state index is 9.98. The number of rotatable bonds is 12. The first kappa shape index (κ1) is 42.3. The molecule has 15 heteroatoms. The Morgan fingerprint density at radius 1 is 0.633 bits per heavy atom. The number of aromatic nitrogens is 4. The van der Waals surface area contributed by atoms with Crippen molar-refractivity contribution in [2.24, 2.45) is 11.8 Å². The monoisotopic (exact) mass is 836 g/mol. The average Bonchev–Trinajstić information content (AvgIpc) is 3.26. The van der Waals surface area contributed by atoms with Gasteiger partial charge in [-0.15, -0.1) is 0 Å². The summed E-state index contributed by atoms with van der Waals surface area (Å²) >= 11 is 6.20. The van der Waals surface area contributed by atoms with Crippen molar-refractivity contribution in [3.8, 4) is 34.5 Å². The lowest BCUT2D eigenvalue weighted by atomic mass is 9.98. The minimum atomic E-state index is 0.00204. The Balaban J connectivity index is 0.000000181. The van der Waals surface area contributed by atoms with Gasteiger partial charge in [-0.25, -0.2) is 19.9 Å². The molecular formula is C45H53ClN8O6. The molecule has 2 aliphatic rings. The first-order valence-corrected chi connectivity index (χ1v) is 20.6. The average molecular weight is 837 g/mol. The maximum Gasteiger partial charge on any atom is 0.163 e. The predicted octanol–water partition coefficient (Wildman–Crippen LogP) is 8.58. The molecule has 2 aromatic heterocycles. The Bertz CT molecular complexity index is 2240. The summed E-state index contributed by atoms with van der Waals surface area (Å²) in [6.07, 6.45) is 7.56. The third kappa shape index (κ3) is 10.1. The van der Waals surface area contributed by atoms with Crippen LogP contribution in [0.5, 0.6) is 34.5 Å². The van der Waals surface area contributed by atoms with Crippen molar-refractivity contribution in [3.05, 3.63) is 83.9 Å². The molecule has 0 unspecified atom stereocenters. The Morgan fingerprint density at radius 2 is 1.08 bits per heavy atom. The molecule has 0 aliphatic carbocycles. The van der Waals surface area contributed by atoms with Crippen molar-refractivity contribution < 1.29 is 29.2 Å². The highest BCUT2D eigenvalue weighted by molar-refractivity contribution is 6.34. The minimum Gasteiger partial charge on any atom is -0.508 e. The number of halogens is 1. The highest BCUT2D eigenvalue weighted by atomic mass is 35.5. The number of nitrogens with zero attached hydrogens (tertiary/aromatic N) is 6. The van der Waals surface area contributed by atoms with E-state index >= 15 is 0 Å². The topological polar surface area (TPSA) is 159 Å². The lowest BCUT2D eigenvalue weighted by molar-refractivity contribution is 0.157. The fraction of sp³-hybridized carbons (Fsp3) is 0.378. The standard InChI is InChI=1S/C23H28N4O3.C22H25ClN4O3/c1-15-18(5-4-6-20(15)28)26-23-17-11-21(29-3)22(12-19(17)24-14-25-23)30-13-16-7-9-27(2)10-8-16;1-27-8-6-14(7-9-27)12-30-20-11-17-15(10-19(20)29-2)22(25-13-24-17)26-16-4-3-5-18(28)21(16)23/h4-6,11-12,14,16,28H,7-10,13H2,1-3H3,(H,24,25,26);3-5,10-11,13-14,28H,6-9,12H2,1-2H3,(H,24,25,26). The molecular weight excluding hydrogens is 784 g/mol. The lowest BCUT2D eigenvalue weighted by Crippen LogP contribution is -2.32. The van der Waals surface area contributed by atoms with Gasteiger partial charge in [-0.3, -0.25) is 0 Å². The van der Waals surface area contributed by atoms with Gasteiger partial charge in [0.15, 0.2) is 23.0 Å². The zero-order valence-corrected chi connectivity index (χ0v) is 35.5. The van der Waals surface area contributed by atoms with Gasteiger partial charge in [0, 0.05) is 34.2 Å². The Hall–Kier alpha value is -5.83. The molecule has 14 nitrogen and oxygen atoms in total. The van der Waals surface area contributed by atoms with Gasteiger partial charge in [0.05, 0.1) is 44.2 Å². The van der Waals surface area contributed by atoms with Crippen molar-refractivity contribution in [3.63, 3.8) is 0 Å². The number of phenols is 2. The fourth-order valence-corrected chi connectivity index (χ4v) is 7.55. The first-order chi connectivity index (χ1) is 29.1. The molecule has 4 N–H and O–H groups in total. The molecule has 4 heterocycles. The third-order valence-electron chi connectivity index (χ3n) is 11.3.